The van der Waals surface area contributed by atoms with E-state index in [0.29, 0.717) is 44.1 Å². The first-order valence-electron chi connectivity index (χ1n) is 10.4. The number of halogens is 6. The Kier molecular flexibility index (Phi) is 10.8. The zero-order chi connectivity index (χ0) is 25.5. The molecule has 184 valence electrons. The Morgan fingerprint density at radius 2 is 1.74 bits per heavy atom. The van der Waals surface area contributed by atoms with Crippen molar-refractivity contribution < 1.29 is 22.8 Å². The Bertz CT molecular complexity index is 1040. The van der Waals surface area contributed by atoms with E-state index >= 15 is 0 Å². The van der Waals surface area contributed by atoms with Crippen LogP contribution in [-0.2, 0) is 0 Å². The summed E-state index contributed by atoms with van der Waals surface area (Å²) in [5, 5.41) is 2.69. The van der Waals surface area contributed by atoms with Crippen LogP contribution in [0.15, 0.2) is 55.9 Å². The number of urea groups is 1. The van der Waals surface area contributed by atoms with E-state index in [-0.39, 0.29) is 23.8 Å². The van der Waals surface area contributed by atoms with Gasteiger partial charge in [0.15, 0.2) is 5.78 Å². The number of allylic oxidation sites excluding steroid dienone is 1. The number of alkyl halides is 3. The van der Waals surface area contributed by atoms with E-state index in [1.165, 1.54) is 23.1 Å². The molecule has 0 heterocycles. The first-order chi connectivity index (χ1) is 15.9. The van der Waals surface area contributed by atoms with E-state index in [9.17, 15) is 22.8 Å². The van der Waals surface area contributed by atoms with Crippen molar-refractivity contribution in [3.8, 4) is 0 Å². The number of benzene rings is 2. The first kappa shape index (κ1) is 28.6. The normalized spacial score (nSPS) is 12.6. The highest BCUT2D eigenvalue weighted by atomic mass is 79.9. The molecule has 2 rings (SSSR count). The van der Waals surface area contributed by atoms with Gasteiger partial charge in [0.1, 0.15) is 0 Å². The van der Waals surface area contributed by atoms with Gasteiger partial charge in [-0.3, -0.25) is 4.79 Å². The number of Topliss-reactive ketones (excluding diaryl/α,β-unsaturated/α-hetero) is 1. The fourth-order valence-electron chi connectivity index (χ4n) is 3.23. The lowest BCUT2D eigenvalue weighted by Gasteiger charge is -2.18. The summed E-state index contributed by atoms with van der Waals surface area (Å²) in [6, 6.07) is 9.18. The van der Waals surface area contributed by atoms with Crippen LogP contribution in [0.3, 0.4) is 0 Å². The van der Waals surface area contributed by atoms with E-state index in [4.69, 9.17) is 0 Å². The second kappa shape index (κ2) is 12.9. The van der Waals surface area contributed by atoms with Crippen LogP contribution >= 0.6 is 47.8 Å². The lowest BCUT2D eigenvalue weighted by atomic mass is 9.97. The number of carbonyl (C=O) groups is 2. The summed E-state index contributed by atoms with van der Waals surface area (Å²) in [5.74, 6) is -1.90. The topological polar surface area (TPSA) is 49.4 Å². The summed E-state index contributed by atoms with van der Waals surface area (Å²) in [7, 11) is 1.66. The lowest BCUT2D eigenvalue weighted by Crippen LogP contribution is -2.37. The molecule has 34 heavy (non-hydrogen) atoms. The molecule has 2 amide bonds. The molecule has 10 heteroatoms. The van der Waals surface area contributed by atoms with E-state index in [0.717, 1.165) is 6.08 Å². The maximum atomic E-state index is 13.7. The van der Waals surface area contributed by atoms with Crippen molar-refractivity contribution in [1.82, 2.24) is 10.2 Å². The molecule has 1 atom stereocenters. The zero-order valence-electron chi connectivity index (χ0n) is 18.6. The van der Waals surface area contributed by atoms with E-state index in [2.05, 4.69) is 53.1 Å². The minimum atomic E-state index is -4.47. The third-order valence-electron chi connectivity index (χ3n) is 4.94. The maximum Gasteiger partial charge on any atom is 0.399 e. The molecular formula is C24H24Br3F3N2O2. The van der Waals surface area contributed by atoms with Gasteiger partial charge < -0.3 is 10.2 Å². The summed E-state index contributed by atoms with van der Waals surface area (Å²) in [6.07, 6.45) is -1.23. The Hall–Kier alpha value is -1.65. The fraction of sp³-hybridized carbons (Fsp3) is 0.333. The molecule has 0 radical (unpaired) electrons. The SMILES string of the molecule is CCNC(=O)N(C)CCCC(=O)c1ccc(/C=C/C(c2cc(Br)cc(Br)c2)C(F)(F)F)cc1Br. The number of carbonyl (C=O) groups excluding carboxylic acids is 2. The Balaban J connectivity index is 2.11. The maximum absolute atomic E-state index is 13.7. The first-order valence-corrected chi connectivity index (χ1v) is 12.8. The molecule has 0 aliphatic heterocycles. The Labute approximate surface area is 222 Å². The lowest BCUT2D eigenvalue weighted by molar-refractivity contribution is -0.139. The van der Waals surface area contributed by atoms with Gasteiger partial charge in [-0.25, -0.2) is 4.79 Å². The average Bonchev–Trinajstić information content (AvgIpc) is 2.72. The second-order valence-corrected chi connectivity index (χ2v) is 10.3. The minimum absolute atomic E-state index is 0.105. The Morgan fingerprint density at radius 3 is 2.29 bits per heavy atom. The molecule has 0 fully saturated rings. The summed E-state index contributed by atoms with van der Waals surface area (Å²) >= 11 is 9.82. The molecule has 0 aliphatic carbocycles. The molecule has 1 N–H and O–H groups in total. The van der Waals surface area contributed by atoms with Crippen molar-refractivity contribution in [3.05, 3.63) is 72.6 Å². The van der Waals surface area contributed by atoms with Crippen molar-refractivity contribution in [2.45, 2.75) is 31.9 Å². The van der Waals surface area contributed by atoms with Gasteiger partial charge in [-0.2, -0.15) is 13.2 Å². The number of amides is 2. The number of hydrogen-bond donors (Lipinski definition) is 1. The number of nitrogens with one attached hydrogen (secondary N) is 1. The van der Waals surface area contributed by atoms with Gasteiger partial charge in [0.25, 0.3) is 0 Å². The van der Waals surface area contributed by atoms with Crippen molar-refractivity contribution >= 4 is 65.7 Å². The standard InChI is InChI=1S/C24H24Br3F3N2O2/c1-3-31-23(34)32(2)10-4-5-22(33)19-8-6-15(11-21(19)27)7-9-20(24(28,29)30)16-12-17(25)14-18(26)13-16/h6-9,11-14,20H,3-5,10H2,1-2H3,(H,31,34)/b9-7+. The monoisotopic (exact) mass is 666 g/mol. The van der Waals surface area contributed by atoms with Gasteiger partial charge in [0, 0.05) is 45.5 Å². The van der Waals surface area contributed by atoms with Crippen LogP contribution in [-0.4, -0.2) is 43.0 Å². The van der Waals surface area contributed by atoms with Gasteiger partial charge >= 0.3 is 12.2 Å². The quantitative estimate of drug-likeness (QED) is 0.276. The van der Waals surface area contributed by atoms with Gasteiger partial charge in [0.05, 0.1) is 5.92 Å². The molecule has 0 spiro atoms. The van der Waals surface area contributed by atoms with E-state index in [1.54, 1.807) is 31.3 Å². The highest BCUT2D eigenvalue weighted by molar-refractivity contribution is 9.11. The number of rotatable bonds is 9. The molecule has 0 bridgehead atoms. The number of hydrogen-bond acceptors (Lipinski definition) is 2. The number of ketones is 1. The predicted octanol–water partition coefficient (Wildman–Crippen LogP) is 7.96. The highest BCUT2D eigenvalue weighted by Gasteiger charge is 2.39. The molecule has 2 aromatic rings. The molecule has 4 nitrogen and oxygen atoms in total. The molecule has 0 saturated heterocycles. The summed E-state index contributed by atoms with van der Waals surface area (Å²) in [4.78, 5) is 25.8. The van der Waals surface area contributed by atoms with E-state index in [1.807, 2.05) is 6.92 Å². The summed E-state index contributed by atoms with van der Waals surface area (Å²) in [5.41, 5.74) is 1.08. The van der Waals surface area contributed by atoms with E-state index < -0.39 is 12.1 Å². The zero-order valence-corrected chi connectivity index (χ0v) is 23.3. The molecule has 2 aromatic carbocycles. The van der Waals surface area contributed by atoms with Crippen molar-refractivity contribution in [1.29, 1.82) is 0 Å². The summed E-state index contributed by atoms with van der Waals surface area (Å²) in [6.45, 7) is 2.79. The Morgan fingerprint density at radius 1 is 1.09 bits per heavy atom. The largest absolute Gasteiger partial charge is 0.399 e. The summed E-state index contributed by atoms with van der Waals surface area (Å²) < 4.78 is 42.8. The third kappa shape index (κ3) is 8.53. The van der Waals surface area contributed by atoms with Gasteiger partial charge in [0.2, 0.25) is 0 Å². The average molecular weight is 669 g/mol. The molecule has 0 saturated carbocycles. The predicted molar refractivity (Wildman–Crippen MR) is 139 cm³/mol. The molecule has 0 aliphatic rings. The minimum Gasteiger partial charge on any atom is -0.338 e. The van der Waals surface area contributed by atoms with Crippen molar-refractivity contribution in [2.24, 2.45) is 0 Å². The fourth-order valence-corrected chi connectivity index (χ4v) is 5.18. The van der Waals surface area contributed by atoms with Crippen molar-refractivity contribution in [3.63, 3.8) is 0 Å². The third-order valence-corrected chi connectivity index (χ3v) is 6.52. The molecular weight excluding hydrogens is 645 g/mol. The van der Waals surface area contributed by atoms with Crippen LogP contribution < -0.4 is 5.32 Å². The van der Waals surface area contributed by atoms with Crippen LogP contribution in [0.4, 0.5) is 18.0 Å². The molecule has 1 unspecified atom stereocenters. The van der Waals surface area contributed by atoms with Crippen molar-refractivity contribution in [2.75, 3.05) is 20.1 Å². The van der Waals surface area contributed by atoms with Crippen LogP contribution in [0.2, 0.25) is 0 Å². The van der Waals surface area contributed by atoms with Gasteiger partial charge in [-0.1, -0.05) is 66.0 Å². The second-order valence-electron chi connectivity index (χ2n) is 7.60. The van der Waals surface area contributed by atoms with Crippen LogP contribution in [0.25, 0.3) is 6.08 Å². The van der Waals surface area contributed by atoms with Gasteiger partial charge in [-0.05, 0) is 54.8 Å². The number of nitrogens with zero attached hydrogens (tertiary/aromatic N) is 1. The van der Waals surface area contributed by atoms with Crippen LogP contribution in [0, 0.1) is 0 Å². The smallest absolute Gasteiger partial charge is 0.338 e. The molecule has 0 aromatic heterocycles. The van der Waals surface area contributed by atoms with Crippen LogP contribution in [0.5, 0.6) is 0 Å². The highest BCUT2D eigenvalue weighted by Crippen LogP contribution is 2.38. The van der Waals surface area contributed by atoms with Crippen LogP contribution in [0.1, 0.15) is 47.2 Å². The van der Waals surface area contributed by atoms with Gasteiger partial charge in [-0.15, -0.1) is 0 Å².